The van der Waals surface area contributed by atoms with Gasteiger partial charge in [0.25, 0.3) is 0 Å². The lowest BCUT2D eigenvalue weighted by Gasteiger charge is -2.35. The summed E-state index contributed by atoms with van der Waals surface area (Å²) >= 11 is 0. The molecule has 0 radical (unpaired) electrons. The number of para-hydroxylation sites is 1. The molecule has 26 heavy (non-hydrogen) atoms. The van der Waals surface area contributed by atoms with Crippen LogP contribution in [0, 0.1) is 0 Å². The molecular formula is C19H20N6O. The van der Waals surface area contributed by atoms with Crippen molar-refractivity contribution < 1.29 is 4.79 Å². The van der Waals surface area contributed by atoms with Crippen molar-refractivity contribution in [2.45, 2.75) is 0 Å². The van der Waals surface area contributed by atoms with Crippen LogP contribution in [-0.4, -0.2) is 51.9 Å². The molecule has 0 atom stereocenters. The molecule has 132 valence electrons. The van der Waals surface area contributed by atoms with Gasteiger partial charge in [0.2, 0.25) is 0 Å². The predicted octanol–water partition coefficient (Wildman–Crippen LogP) is 2.62. The minimum absolute atomic E-state index is 0.0988. The van der Waals surface area contributed by atoms with Gasteiger partial charge in [-0.15, -0.1) is 0 Å². The van der Waals surface area contributed by atoms with E-state index in [0.29, 0.717) is 18.8 Å². The van der Waals surface area contributed by atoms with Gasteiger partial charge in [-0.3, -0.25) is 0 Å². The molecule has 0 aliphatic carbocycles. The molecule has 1 saturated heterocycles. The maximum atomic E-state index is 12.5. The number of aromatic nitrogens is 3. The average Bonchev–Trinajstić information content (AvgIpc) is 3.18. The second-order valence-corrected chi connectivity index (χ2v) is 6.10. The SMILES string of the molecule is O=C(Nc1cnn(-c2ccccc2)c1)N1CCN(c2ccccn2)CC1. The third-order valence-electron chi connectivity index (χ3n) is 4.39. The molecule has 1 fully saturated rings. The zero-order valence-electron chi connectivity index (χ0n) is 14.3. The number of nitrogens with one attached hydrogen (secondary N) is 1. The monoisotopic (exact) mass is 348 g/mol. The first-order valence-electron chi connectivity index (χ1n) is 8.61. The van der Waals surface area contributed by atoms with Gasteiger partial charge in [0.05, 0.1) is 23.8 Å². The number of anilines is 2. The van der Waals surface area contributed by atoms with Crippen molar-refractivity contribution in [2.24, 2.45) is 0 Å². The van der Waals surface area contributed by atoms with E-state index < -0.39 is 0 Å². The van der Waals surface area contributed by atoms with E-state index in [-0.39, 0.29) is 6.03 Å². The highest BCUT2D eigenvalue weighted by molar-refractivity contribution is 5.89. The van der Waals surface area contributed by atoms with E-state index >= 15 is 0 Å². The van der Waals surface area contributed by atoms with Gasteiger partial charge in [-0.1, -0.05) is 24.3 Å². The highest BCUT2D eigenvalue weighted by Gasteiger charge is 2.22. The Kier molecular flexibility index (Phi) is 4.51. The number of benzene rings is 1. The lowest BCUT2D eigenvalue weighted by atomic mass is 10.3. The van der Waals surface area contributed by atoms with E-state index in [1.165, 1.54) is 0 Å². The second kappa shape index (κ2) is 7.26. The lowest BCUT2D eigenvalue weighted by Crippen LogP contribution is -2.50. The highest BCUT2D eigenvalue weighted by Crippen LogP contribution is 2.15. The molecule has 3 aromatic rings. The third-order valence-corrected chi connectivity index (χ3v) is 4.39. The van der Waals surface area contributed by atoms with Crippen LogP contribution in [0.15, 0.2) is 67.1 Å². The summed E-state index contributed by atoms with van der Waals surface area (Å²) in [5.74, 6) is 0.955. The normalized spacial score (nSPS) is 14.3. The summed E-state index contributed by atoms with van der Waals surface area (Å²) in [7, 11) is 0. The Morgan fingerprint density at radius 1 is 0.962 bits per heavy atom. The van der Waals surface area contributed by atoms with Gasteiger partial charge in [-0.05, 0) is 24.3 Å². The third kappa shape index (κ3) is 3.51. The lowest BCUT2D eigenvalue weighted by molar-refractivity contribution is 0.208. The fraction of sp³-hybridized carbons (Fsp3) is 0.211. The van der Waals surface area contributed by atoms with Crippen molar-refractivity contribution in [1.82, 2.24) is 19.7 Å². The molecule has 0 spiro atoms. The first kappa shape index (κ1) is 16.1. The van der Waals surface area contributed by atoms with Crippen molar-refractivity contribution in [3.05, 3.63) is 67.1 Å². The van der Waals surface area contributed by atoms with Gasteiger partial charge in [-0.2, -0.15) is 5.10 Å². The number of nitrogens with zero attached hydrogens (tertiary/aromatic N) is 5. The topological polar surface area (TPSA) is 66.3 Å². The molecule has 3 heterocycles. The van der Waals surface area contributed by atoms with Gasteiger partial charge in [0, 0.05) is 32.4 Å². The van der Waals surface area contributed by atoms with Gasteiger partial charge in [-0.25, -0.2) is 14.5 Å². The Hall–Kier alpha value is -3.35. The second-order valence-electron chi connectivity index (χ2n) is 6.10. The van der Waals surface area contributed by atoms with Gasteiger partial charge < -0.3 is 15.1 Å². The van der Waals surface area contributed by atoms with Crippen LogP contribution in [0.2, 0.25) is 0 Å². The fourth-order valence-electron chi connectivity index (χ4n) is 2.99. The van der Waals surface area contributed by atoms with Gasteiger partial charge in [0.15, 0.2) is 0 Å². The summed E-state index contributed by atoms with van der Waals surface area (Å²) in [6.07, 6.45) is 5.27. The Morgan fingerprint density at radius 3 is 2.46 bits per heavy atom. The molecule has 7 nitrogen and oxygen atoms in total. The van der Waals surface area contributed by atoms with E-state index in [2.05, 4.69) is 20.3 Å². The molecule has 1 aliphatic heterocycles. The standard InChI is InChI=1S/C19H20N6O/c26-19(22-16-14-21-25(15-16)17-6-2-1-3-7-17)24-12-10-23(11-13-24)18-8-4-5-9-20-18/h1-9,14-15H,10-13H2,(H,22,26). The number of carbonyl (C=O) groups excluding carboxylic acids is 1. The molecule has 0 saturated carbocycles. The smallest absolute Gasteiger partial charge is 0.322 e. The van der Waals surface area contributed by atoms with E-state index in [1.54, 1.807) is 17.1 Å². The van der Waals surface area contributed by atoms with Crippen LogP contribution >= 0.6 is 0 Å². The van der Waals surface area contributed by atoms with Gasteiger partial charge >= 0.3 is 6.03 Å². The molecule has 1 aromatic carbocycles. The van der Waals surface area contributed by atoms with Gasteiger partial charge in [0.1, 0.15) is 5.82 Å². The number of carbonyl (C=O) groups is 1. The van der Waals surface area contributed by atoms with E-state index in [9.17, 15) is 4.79 Å². The number of amides is 2. The minimum Gasteiger partial charge on any atom is -0.353 e. The number of urea groups is 1. The number of rotatable bonds is 3. The van der Waals surface area contributed by atoms with Crippen LogP contribution < -0.4 is 10.2 Å². The Labute approximate surface area is 151 Å². The first-order valence-corrected chi connectivity index (χ1v) is 8.61. The first-order chi connectivity index (χ1) is 12.8. The van der Waals surface area contributed by atoms with Crippen molar-refractivity contribution >= 4 is 17.5 Å². The van der Waals surface area contributed by atoms with E-state index in [1.807, 2.05) is 59.6 Å². The van der Waals surface area contributed by atoms with Crippen LogP contribution in [0.5, 0.6) is 0 Å². The summed E-state index contributed by atoms with van der Waals surface area (Å²) in [5.41, 5.74) is 1.64. The molecule has 1 N–H and O–H groups in total. The molecule has 0 bridgehead atoms. The number of hydrogen-bond acceptors (Lipinski definition) is 4. The van der Waals surface area contributed by atoms with E-state index in [4.69, 9.17) is 0 Å². The Bertz CT molecular complexity index is 856. The van der Waals surface area contributed by atoms with Crippen LogP contribution in [0.4, 0.5) is 16.3 Å². The summed E-state index contributed by atoms with van der Waals surface area (Å²) in [5, 5.41) is 7.23. The number of piperazine rings is 1. The molecule has 2 amide bonds. The van der Waals surface area contributed by atoms with Crippen molar-refractivity contribution in [1.29, 1.82) is 0 Å². The van der Waals surface area contributed by atoms with Crippen LogP contribution in [0.25, 0.3) is 5.69 Å². The summed E-state index contributed by atoms with van der Waals surface area (Å²) in [6.45, 7) is 2.87. The van der Waals surface area contributed by atoms with Crippen molar-refractivity contribution in [2.75, 3.05) is 36.4 Å². The van der Waals surface area contributed by atoms with Crippen molar-refractivity contribution in [3.63, 3.8) is 0 Å². The molecule has 7 heteroatoms. The zero-order valence-corrected chi connectivity index (χ0v) is 14.3. The fourth-order valence-corrected chi connectivity index (χ4v) is 2.99. The number of pyridine rings is 1. The zero-order chi connectivity index (χ0) is 17.8. The maximum Gasteiger partial charge on any atom is 0.322 e. The molecule has 2 aromatic heterocycles. The molecule has 4 rings (SSSR count). The molecular weight excluding hydrogens is 328 g/mol. The average molecular weight is 348 g/mol. The quantitative estimate of drug-likeness (QED) is 0.790. The largest absolute Gasteiger partial charge is 0.353 e. The van der Waals surface area contributed by atoms with Crippen LogP contribution in [-0.2, 0) is 0 Å². The summed E-state index contributed by atoms with van der Waals surface area (Å²) in [4.78, 5) is 20.9. The minimum atomic E-state index is -0.0988. The van der Waals surface area contributed by atoms with E-state index in [0.717, 1.165) is 24.6 Å². The predicted molar refractivity (Wildman–Crippen MR) is 101 cm³/mol. The molecule has 1 aliphatic rings. The number of hydrogen-bond donors (Lipinski definition) is 1. The Morgan fingerprint density at radius 2 is 1.73 bits per heavy atom. The maximum absolute atomic E-state index is 12.5. The molecule has 0 unspecified atom stereocenters. The highest BCUT2D eigenvalue weighted by atomic mass is 16.2. The summed E-state index contributed by atoms with van der Waals surface area (Å²) < 4.78 is 1.74. The Balaban J connectivity index is 1.34. The van der Waals surface area contributed by atoms with Crippen LogP contribution in [0.3, 0.4) is 0 Å². The summed E-state index contributed by atoms with van der Waals surface area (Å²) in [6, 6.07) is 15.6. The van der Waals surface area contributed by atoms with Crippen LogP contribution in [0.1, 0.15) is 0 Å². The van der Waals surface area contributed by atoms with Crippen molar-refractivity contribution in [3.8, 4) is 5.69 Å².